The first-order valence-corrected chi connectivity index (χ1v) is 9.48. The Bertz CT molecular complexity index is 1020. The van der Waals surface area contributed by atoms with E-state index in [1.807, 2.05) is 0 Å². The summed E-state index contributed by atoms with van der Waals surface area (Å²) in [6, 6.07) is 1.61. The summed E-state index contributed by atoms with van der Waals surface area (Å²) in [5, 5.41) is 15.3. The van der Waals surface area contributed by atoms with Crippen molar-refractivity contribution in [2.24, 2.45) is 15.9 Å². The molecule has 0 radical (unpaired) electrons. The molecule has 0 spiro atoms. The Morgan fingerprint density at radius 3 is 2.79 bits per heavy atom. The number of hydrazone groups is 1. The van der Waals surface area contributed by atoms with Gasteiger partial charge in [0.1, 0.15) is 6.17 Å². The molecule has 0 saturated heterocycles. The lowest BCUT2D eigenvalue weighted by Gasteiger charge is -2.09. The Labute approximate surface area is 185 Å². The van der Waals surface area contributed by atoms with Crippen molar-refractivity contribution in [1.82, 2.24) is 30.6 Å². The maximum absolute atomic E-state index is 14.1. The zero-order valence-electron chi connectivity index (χ0n) is 17.4. The van der Waals surface area contributed by atoms with E-state index in [0.717, 1.165) is 24.5 Å². The second-order valence-electron chi connectivity index (χ2n) is 6.56. The van der Waals surface area contributed by atoms with E-state index in [4.69, 9.17) is 5.84 Å². The molecule has 33 heavy (non-hydrogen) atoms. The van der Waals surface area contributed by atoms with Gasteiger partial charge in [0.2, 0.25) is 0 Å². The molecule has 0 saturated carbocycles. The minimum atomic E-state index is -4.54. The van der Waals surface area contributed by atoms with Gasteiger partial charge in [-0.25, -0.2) is 4.39 Å². The fraction of sp³-hybridized carbons (Fsp3) is 0.389. The van der Waals surface area contributed by atoms with Gasteiger partial charge in [-0.05, 0) is 12.1 Å². The predicted octanol–water partition coefficient (Wildman–Crippen LogP) is 0.482. The molecule has 0 aliphatic heterocycles. The number of carbonyl (C=O) groups excluding carboxylic acids is 2. The largest absolute Gasteiger partial charge is 0.416 e. The number of nitrogens with two attached hydrogens (primary N) is 1. The molecule has 2 rings (SSSR count). The molecule has 0 fully saturated rings. The molecular formula is C18H21F4N9O2. The lowest BCUT2D eigenvalue weighted by molar-refractivity contribution is -0.137. The fourth-order valence-electron chi connectivity index (χ4n) is 2.42. The molecule has 0 bridgehead atoms. The Morgan fingerprint density at radius 1 is 1.36 bits per heavy atom. The Hall–Kier alpha value is -3.91. The van der Waals surface area contributed by atoms with Crippen molar-refractivity contribution in [2.75, 3.05) is 13.6 Å². The number of hydrogen-bond acceptors (Lipinski definition) is 8. The van der Waals surface area contributed by atoms with Crippen LogP contribution in [0.5, 0.6) is 0 Å². The number of nitrogens with zero attached hydrogens (tertiary/aromatic N) is 6. The monoisotopic (exact) mass is 471 g/mol. The molecule has 2 aromatic rings. The highest BCUT2D eigenvalue weighted by molar-refractivity contribution is 6.60. The Morgan fingerprint density at radius 2 is 2.12 bits per heavy atom. The third-order valence-corrected chi connectivity index (χ3v) is 4.13. The topological polar surface area (TPSA) is 153 Å². The zero-order chi connectivity index (χ0) is 24.4. The van der Waals surface area contributed by atoms with Crippen molar-refractivity contribution in [3.8, 4) is 0 Å². The zero-order valence-corrected chi connectivity index (χ0v) is 17.4. The van der Waals surface area contributed by atoms with Gasteiger partial charge in [0.05, 0.1) is 36.8 Å². The number of rotatable bonds is 10. The summed E-state index contributed by atoms with van der Waals surface area (Å²) in [5.41, 5.74) is -1.18. The molecule has 0 aromatic carbocycles. The van der Waals surface area contributed by atoms with Gasteiger partial charge in [-0.15, -0.1) is 5.10 Å². The minimum Gasteiger partial charge on any atom is -0.354 e. The van der Waals surface area contributed by atoms with Crippen molar-refractivity contribution in [3.05, 3.63) is 41.5 Å². The number of aryl methyl sites for hydroxylation is 1. The average Bonchev–Trinajstić information content (AvgIpc) is 3.27. The van der Waals surface area contributed by atoms with Gasteiger partial charge >= 0.3 is 6.18 Å². The summed E-state index contributed by atoms with van der Waals surface area (Å²) < 4.78 is 53.6. The number of hydrogen-bond donors (Lipinski definition) is 3. The Kier molecular flexibility index (Phi) is 8.94. The summed E-state index contributed by atoms with van der Waals surface area (Å²) in [6.07, 6.45) is -2.62. The summed E-state index contributed by atoms with van der Waals surface area (Å²) in [5.74, 6) is 3.90. The van der Waals surface area contributed by atoms with Crippen LogP contribution in [0.2, 0.25) is 0 Å². The quantitative estimate of drug-likeness (QED) is 0.198. The summed E-state index contributed by atoms with van der Waals surface area (Å²) in [4.78, 5) is 31.0. The second kappa shape index (κ2) is 11.6. The number of aromatic nitrogens is 4. The standard InChI is InChI=1S/C18H21F4N9O2/c1-24-16(32)15-10-31(30-29-15)5-3-12(19)7-25-9-14(28-23)17(33)27-8-13-6-11(2-4-26-13)18(20,21)22/h2,4,6,9-10,12H,3,5,7-8,23H2,1H3,(H,24,32)(H,27,33). The number of pyridine rings is 1. The van der Waals surface area contributed by atoms with Gasteiger partial charge in [0.25, 0.3) is 11.8 Å². The van der Waals surface area contributed by atoms with Gasteiger partial charge in [-0.3, -0.25) is 24.2 Å². The highest BCUT2D eigenvalue weighted by Crippen LogP contribution is 2.28. The lowest BCUT2D eigenvalue weighted by atomic mass is 10.2. The van der Waals surface area contributed by atoms with Crippen molar-refractivity contribution < 1.29 is 27.2 Å². The van der Waals surface area contributed by atoms with E-state index in [-0.39, 0.29) is 43.2 Å². The van der Waals surface area contributed by atoms with Gasteiger partial charge < -0.3 is 16.5 Å². The number of carbonyl (C=O) groups is 2. The first-order chi connectivity index (χ1) is 15.6. The van der Waals surface area contributed by atoms with Gasteiger partial charge in [-0.2, -0.15) is 18.3 Å². The molecular weight excluding hydrogens is 450 g/mol. The molecule has 2 aromatic heterocycles. The third-order valence-electron chi connectivity index (χ3n) is 4.13. The van der Waals surface area contributed by atoms with Crippen LogP contribution in [-0.2, 0) is 24.1 Å². The first-order valence-electron chi connectivity index (χ1n) is 9.48. The van der Waals surface area contributed by atoms with E-state index >= 15 is 0 Å². The van der Waals surface area contributed by atoms with Gasteiger partial charge in [0, 0.05) is 26.2 Å². The van der Waals surface area contributed by atoms with Crippen molar-refractivity contribution >= 4 is 23.7 Å². The molecule has 178 valence electrons. The summed E-state index contributed by atoms with van der Waals surface area (Å²) >= 11 is 0. The minimum absolute atomic E-state index is 0.0103. The highest BCUT2D eigenvalue weighted by atomic mass is 19.4. The van der Waals surface area contributed by atoms with Crippen molar-refractivity contribution in [1.29, 1.82) is 0 Å². The smallest absolute Gasteiger partial charge is 0.354 e. The van der Waals surface area contributed by atoms with Crippen LogP contribution in [0.25, 0.3) is 0 Å². The lowest BCUT2D eigenvalue weighted by Crippen LogP contribution is -2.32. The van der Waals surface area contributed by atoms with Crippen LogP contribution in [0.3, 0.4) is 0 Å². The molecule has 1 unspecified atom stereocenters. The van der Waals surface area contributed by atoms with E-state index in [1.165, 1.54) is 17.9 Å². The molecule has 2 amide bonds. The molecule has 0 aliphatic rings. The molecule has 4 N–H and O–H groups in total. The van der Waals surface area contributed by atoms with Gasteiger partial charge in [0.15, 0.2) is 11.4 Å². The SMILES string of the molecule is CNC(=O)c1cn(CCC(F)CN=CC(=NN)C(=O)NCc2cc(C(F)(F)F)ccn2)nn1. The van der Waals surface area contributed by atoms with E-state index in [0.29, 0.717) is 0 Å². The van der Waals surface area contributed by atoms with Crippen LogP contribution in [0.1, 0.15) is 28.2 Å². The molecule has 1 atom stereocenters. The van der Waals surface area contributed by atoms with Crippen LogP contribution in [0, 0.1) is 0 Å². The second-order valence-corrected chi connectivity index (χ2v) is 6.56. The van der Waals surface area contributed by atoms with Crippen LogP contribution < -0.4 is 16.5 Å². The van der Waals surface area contributed by atoms with Crippen LogP contribution in [-0.4, -0.2) is 63.5 Å². The summed E-state index contributed by atoms with van der Waals surface area (Å²) in [6.45, 7) is -0.473. The normalized spacial score (nSPS) is 13.2. The molecule has 11 nitrogen and oxygen atoms in total. The van der Waals surface area contributed by atoms with E-state index < -0.39 is 29.7 Å². The maximum atomic E-state index is 14.1. The first kappa shape index (κ1) is 25.4. The predicted molar refractivity (Wildman–Crippen MR) is 109 cm³/mol. The van der Waals surface area contributed by atoms with Crippen LogP contribution >= 0.6 is 0 Å². The summed E-state index contributed by atoms with van der Waals surface area (Å²) in [7, 11) is 1.44. The number of amides is 2. The maximum Gasteiger partial charge on any atom is 0.416 e. The highest BCUT2D eigenvalue weighted by Gasteiger charge is 2.30. The van der Waals surface area contributed by atoms with Crippen LogP contribution in [0.15, 0.2) is 34.6 Å². The fourth-order valence-corrected chi connectivity index (χ4v) is 2.42. The molecule has 2 heterocycles. The van der Waals surface area contributed by atoms with E-state index in [9.17, 15) is 27.2 Å². The van der Waals surface area contributed by atoms with Crippen LogP contribution in [0.4, 0.5) is 17.6 Å². The van der Waals surface area contributed by atoms with E-state index in [1.54, 1.807) is 0 Å². The van der Waals surface area contributed by atoms with Crippen molar-refractivity contribution in [3.63, 3.8) is 0 Å². The number of alkyl halides is 4. The molecule has 15 heteroatoms. The third kappa shape index (κ3) is 7.93. The molecule has 0 aliphatic carbocycles. The Balaban J connectivity index is 1.81. The number of nitrogens with one attached hydrogen (secondary N) is 2. The number of halogens is 4. The average molecular weight is 471 g/mol. The van der Waals surface area contributed by atoms with Crippen molar-refractivity contribution in [2.45, 2.75) is 31.9 Å². The van der Waals surface area contributed by atoms with Gasteiger partial charge in [-0.1, -0.05) is 5.21 Å². The van der Waals surface area contributed by atoms with E-state index in [2.05, 4.69) is 36.0 Å². The number of aliphatic imine (C=N–C) groups is 1.